The Morgan fingerprint density at radius 1 is 1.12 bits per heavy atom. The lowest BCUT2D eigenvalue weighted by Gasteiger charge is -2.14. The third kappa shape index (κ3) is 3.36. The molecule has 0 bridgehead atoms. The molecule has 0 saturated carbocycles. The Morgan fingerprint density at radius 2 is 1.88 bits per heavy atom. The molecule has 25 heavy (non-hydrogen) atoms. The number of imide groups is 1. The van der Waals surface area contributed by atoms with E-state index in [-0.39, 0.29) is 29.1 Å². The van der Waals surface area contributed by atoms with E-state index < -0.39 is 23.5 Å². The maximum Gasteiger partial charge on any atom is 0.264 e. The molecular weight excluding hydrogens is 370 g/mol. The molecule has 2 aromatic rings. The molecule has 0 atom stereocenters. The predicted octanol–water partition coefficient (Wildman–Crippen LogP) is 3.76. The quantitative estimate of drug-likeness (QED) is 0.821. The Labute approximate surface area is 152 Å². The number of carbonyl (C=O) groups is 3. The fraction of sp³-hybridized carbons (Fsp3) is 0.118. The van der Waals surface area contributed by atoms with Gasteiger partial charge in [0.15, 0.2) is 0 Å². The van der Waals surface area contributed by atoms with Crippen LogP contribution in [0.2, 0.25) is 10.0 Å². The van der Waals surface area contributed by atoms with Crippen molar-refractivity contribution in [2.45, 2.75) is 6.42 Å². The van der Waals surface area contributed by atoms with Gasteiger partial charge in [-0.2, -0.15) is 0 Å². The normalized spacial score (nSPS) is 13.2. The highest BCUT2D eigenvalue weighted by molar-refractivity contribution is 6.36. The summed E-state index contributed by atoms with van der Waals surface area (Å²) in [6, 6.07) is 8.44. The lowest BCUT2D eigenvalue weighted by molar-refractivity contribution is -0.116. The van der Waals surface area contributed by atoms with Gasteiger partial charge in [-0.1, -0.05) is 29.3 Å². The number of amides is 3. The number of anilines is 1. The lowest BCUT2D eigenvalue weighted by atomic mass is 10.1. The fourth-order valence-electron chi connectivity index (χ4n) is 2.51. The van der Waals surface area contributed by atoms with Crippen LogP contribution in [0.4, 0.5) is 10.1 Å². The number of halogens is 3. The molecule has 2 aromatic carbocycles. The van der Waals surface area contributed by atoms with Gasteiger partial charge in [0.25, 0.3) is 11.8 Å². The van der Waals surface area contributed by atoms with Gasteiger partial charge in [0.05, 0.1) is 21.8 Å². The second-order valence-corrected chi connectivity index (χ2v) is 6.19. The van der Waals surface area contributed by atoms with Crippen LogP contribution in [-0.4, -0.2) is 29.2 Å². The zero-order valence-electron chi connectivity index (χ0n) is 12.7. The first-order valence-electron chi connectivity index (χ1n) is 7.28. The van der Waals surface area contributed by atoms with E-state index in [0.29, 0.717) is 10.7 Å². The van der Waals surface area contributed by atoms with Crippen molar-refractivity contribution in [3.8, 4) is 0 Å². The number of nitrogens with one attached hydrogen (secondary N) is 1. The Kier molecular flexibility index (Phi) is 4.74. The number of hydrogen-bond donors (Lipinski definition) is 1. The summed E-state index contributed by atoms with van der Waals surface area (Å²) in [4.78, 5) is 37.3. The minimum Gasteiger partial charge on any atom is -0.325 e. The van der Waals surface area contributed by atoms with Crippen LogP contribution in [0.25, 0.3) is 0 Å². The number of hydrogen-bond acceptors (Lipinski definition) is 3. The van der Waals surface area contributed by atoms with Crippen LogP contribution in [-0.2, 0) is 4.79 Å². The summed E-state index contributed by atoms with van der Waals surface area (Å²) in [7, 11) is 0. The van der Waals surface area contributed by atoms with Crippen LogP contribution in [0.15, 0.2) is 36.4 Å². The number of rotatable bonds is 4. The summed E-state index contributed by atoms with van der Waals surface area (Å²) in [5.74, 6) is -2.55. The van der Waals surface area contributed by atoms with Crippen molar-refractivity contribution in [2.75, 3.05) is 11.9 Å². The van der Waals surface area contributed by atoms with Gasteiger partial charge in [-0.3, -0.25) is 19.3 Å². The lowest BCUT2D eigenvalue weighted by Crippen LogP contribution is -2.33. The molecule has 1 aliphatic heterocycles. The highest BCUT2D eigenvalue weighted by atomic mass is 35.5. The van der Waals surface area contributed by atoms with E-state index in [1.165, 1.54) is 18.2 Å². The van der Waals surface area contributed by atoms with Crippen LogP contribution < -0.4 is 5.32 Å². The standard InChI is InChI=1S/C17H11Cl2FN2O3/c18-9-4-5-13(11(19)8-9)21-14(23)6-7-22-16(24)10-2-1-3-12(20)15(10)17(22)25/h1-5,8H,6-7H2,(H,21,23). The summed E-state index contributed by atoms with van der Waals surface area (Å²) >= 11 is 11.7. The second-order valence-electron chi connectivity index (χ2n) is 5.35. The molecule has 5 nitrogen and oxygen atoms in total. The Hall–Kier alpha value is -2.44. The van der Waals surface area contributed by atoms with Gasteiger partial charge < -0.3 is 5.32 Å². The van der Waals surface area contributed by atoms with Crippen molar-refractivity contribution in [1.29, 1.82) is 0 Å². The average Bonchev–Trinajstić information content (AvgIpc) is 2.80. The van der Waals surface area contributed by atoms with Crippen LogP contribution >= 0.6 is 23.2 Å². The molecule has 0 saturated heterocycles. The van der Waals surface area contributed by atoms with Crippen LogP contribution in [0, 0.1) is 5.82 Å². The molecule has 1 N–H and O–H groups in total. The number of nitrogens with zero attached hydrogens (tertiary/aromatic N) is 1. The molecule has 0 unspecified atom stereocenters. The average molecular weight is 381 g/mol. The zero-order chi connectivity index (χ0) is 18.1. The molecule has 0 fully saturated rings. The summed E-state index contributed by atoms with van der Waals surface area (Å²) in [5.41, 5.74) is 0.115. The van der Waals surface area contributed by atoms with Crippen molar-refractivity contribution in [2.24, 2.45) is 0 Å². The van der Waals surface area contributed by atoms with Crippen molar-refractivity contribution in [3.05, 3.63) is 63.4 Å². The van der Waals surface area contributed by atoms with E-state index in [0.717, 1.165) is 11.0 Å². The van der Waals surface area contributed by atoms with Gasteiger partial charge >= 0.3 is 0 Å². The molecular formula is C17H11Cl2FN2O3. The molecule has 1 aliphatic rings. The van der Waals surface area contributed by atoms with Crippen LogP contribution in [0.1, 0.15) is 27.1 Å². The molecule has 0 radical (unpaired) electrons. The fourth-order valence-corrected chi connectivity index (χ4v) is 2.97. The smallest absolute Gasteiger partial charge is 0.264 e. The van der Waals surface area contributed by atoms with Gasteiger partial charge in [-0.25, -0.2) is 4.39 Å². The van der Waals surface area contributed by atoms with Gasteiger partial charge in [0, 0.05) is 18.0 Å². The summed E-state index contributed by atoms with van der Waals surface area (Å²) in [5, 5.41) is 3.26. The van der Waals surface area contributed by atoms with E-state index in [2.05, 4.69) is 5.32 Å². The summed E-state index contributed by atoms with van der Waals surface area (Å²) in [6.07, 6.45) is -0.147. The number of carbonyl (C=O) groups excluding carboxylic acids is 3. The highest BCUT2D eigenvalue weighted by Crippen LogP contribution is 2.27. The zero-order valence-corrected chi connectivity index (χ0v) is 14.2. The first-order valence-corrected chi connectivity index (χ1v) is 8.03. The maximum absolute atomic E-state index is 13.7. The monoisotopic (exact) mass is 380 g/mol. The predicted molar refractivity (Wildman–Crippen MR) is 91.5 cm³/mol. The van der Waals surface area contributed by atoms with Crippen molar-refractivity contribution in [3.63, 3.8) is 0 Å². The Bertz CT molecular complexity index is 901. The summed E-state index contributed by atoms with van der Waals surface area (Å²) in [6.45, 7) is -0.164. The van der Waals surface area contributed by atoms with E-state index in [4.69, 9.17) is 23.2 Å². The number of fused-ring (bicyclic) bond motifs is 1. The molecule has 8 heteroatoms. The highest BCUT2D eigenvalue weighted by Gasteiger charge is 2.37. The van der Waals surface area contributed by atoms with Crippen LogP contribution in [0.3, 0.4) is 0 Å². The van der Waals surface area contributed by atoms with E-state index in [9.17, 15) is 18.8 Å². The van der Waals surface area contributed by atoms with Crippen molar-refractivity contribution in [1.82, 2.24) is 4.90 Å². The van der Waals surface area contributed by atoms with Crippen molar-refractivity contribution < 1.29 is 18.8 Å². The van der Waals surface area contributed by atoms with Gasteiger partial charge in [-0.15, -0.1) is 0 Å². The van der Waals surface area contributed by atoms with E-state index in [1.54, 1.807) is 12.1 Å². The maximum atomic E-state index is 13.7. The molecule has 0 spiro atoms. The Balaban J connectivity index is 1.66. The largest absolute Gasteiger partial charge is 0.325 e. The minimum atomic E-state index is -0.754. The minimum absolute atomic E-state index is 0.00570. The first kappa shape index (κ1) is 17.4. The van der Waals surface area contributed by atoms with Crippen molar-refractivity contribution >= 4 is 46.6 Å². The molecule has 3 rings (SSSR count). The molecule has 128 valence electrons. The third-order valence-corrected chi connectivity index (χ3v) is 4.26. The number of benzene rings is 2. The van der Waals surface area contributed by atoms with Gasteiger partial charge in [0.1, 0.15) is 5.82 Å². The van der Waals surface area contributed by atoms with Crippen LogP contribution in [0.5, 0.6) is 0 Å². The molecule has 0 aromatic heterocycles. The van der Waals surface area contributed by atoms with Gasteiger partial charge in [0.2, 0.25) is 5.91 Å². The summed E-state index contributed by atoms with van der Waals surface area (Å²) < 4.78 is 13.7. The molecule has 1 heterocycles. The SMILES string of the molecule is O=C(CCN1C(=O)c2cccc(F)c2C1=O)Nc1ccc(Cl)cc1Cl. The third-order valence-electron chi connectivity index (χ3n) is 3.72. The second kappa shape index (κ2) is 6.82. The van der Waals surface area contributed by atoms with Gasteiger partial charge in [-0.05, 0) is 30.3 Å². The molecule has 3 amide bonds. The Morgan fingerprint density at radius 3 is 2.56 bits per heavy atom. The first-order chi connectivity index (χ1) is 11.9. The van der Waals surface area contributed by atoms with E-state index >= 15 is 0 Å². The topological polar surface area (TPSA) is 66.5 Å². The molecule has 0 aliphatic carbocycles. The van der Waals surface area contributed by atoms with E-state index in [1.807, 2.05) is 0 Å².